The molecule has 1 aliphatic rings. The lowest BCUT2D eigenvalue weighted by atomic mass is 9.89. The number of hydrogen-bond acceptors (Lipinski definition) is 3. The summed E-state index contributed by atoms with van der Waals surface area (Å²) in [5.74, 6) is -0.109. The molecule has 0 atom stereocenters. The number of pyridine rings is 1. The summed E-state index contributed by atoms with van der Waals surface area (Å²) in [6.07, 6.45) is 3.44. The molecule has 0 unspecified atom stereocenters. The average molecular weight is 312 g/mol. The first-order valence-electron chi connectivity index (χ1n) is 7.53. The second-order valence-electron chi connectivity index (χ2n) is 5.62. The van der Waals surface area contributed by atoms with Crippen LogP contribution >= 0.6 is 11.6 Å². The van der Waals surface area contributed by atoms with Crippen molar-refractivity contribution in [1.82, 2.24) is 15.2 Å². The molecule has 1 amide bonds. The molecular formula is C16H26ClN3O. The van der Waals surface area contributed by atoms with Crippen LogP contribution in [0.25, 0.3) is 0 Å². The summed E-state index contributed by atoms with van der Waals surface area (Å²) in [6, 6.07) is 1.73. The third-order valence-corrected chi connectivity index (χ3v) is 4.04. The molecule has 21 heavy (non-hydrogen) atoms. The number of carbonyl (C=O) groups excluding carboxylic acids is 1. The molecule has 0 bridgehead atoms. The lowest BCUT2D eigenvalue weighted by Gasteiger charge is -2.38. The third-order valence-electron chi connectivity index (χ3n) is 3.74. The van der Waals surface area contributed by atoms with Crippen molar-refractivity contribution in [3.8, 4) is 0 Å². The number of rotatable bonds is 2. The van der Waals surface area contributed by atoms with Crippen LogP contribution in [0.1, 0.15) is 49.7 Å². The summed E-state index contributed by atoms with van der Waals surface area (Å²) < 4.78 is 0. The smallest absolute Gasteiger partial charge is 0.253 e. The number of aromatic nitrogens is 1. The third kappa shape index (κ3) is 4.97. The summed E-state index contributed by atoms with van der Waals surface area (Å²) in [7, 11) is 2.10. The Kier molecular flexibility index (Phi) is 6.62. The molecule has 1 aliphatic heterocycles. The van der Waals surface area contributed by atoms with Gasteiger partial charge in [-0.2, -0.15) is 0 Å². The Morgan fingerprint density at radius 3 is 2.52 bits per heavy atom. The van der Waals surface area contributed by atoms with Gasteiger partial charge in [-0.3, -0.25) is 9.78 Å². The van der Waals surface area contributed by atoms with Gasteiger partial charge in [-0.05, 0) is 39.8 Å². The molecule has 0 spiro atoms. The first kappa shape index (κ1) is 17.9. The minimum atomic E-state index is -0.149. The first-order valence-corrected chi connectivity index (χ1v) is 7.91. The van der Waals surface area contributed by atoms with E-state index in [-0.39, 0.29) is 11.4 Å². The van der Waals surface area contributed by atoms with E-state index in [0.29, 0.717) is 10.6 Å². The Hall–Kier alpha value is -1.13. The van der Waals surface area contributed by atoms with Gasteiger partial charge >= 0.3 is 0 Å². The van der Waals surface area contributed by atoms with Crippen molar-refractivity contribution in [2.24, 2.45) is 0 Å². The number of carbonyl (C=O) groups is 1. The quantitative estimate of drug-likeness (QED) is 0.911. The van der Waals surface area contributed by atoms with Gasteiger partial charge in [0.25, 0.3) is 5.91 Å². The summed E-state index contributed by atoms with van der Waals surface area (Å²) >= 11 is 6.05. The molecular weight excluding hydrogens is 286 g/mol. The Labute approximate surface area is 132 Å². The van der Waals surface area contributed by atoms with E-state index in [4.69, 9.17) is 11.6 Å². The maximum atomic E-state index is 12.3. The van der Waals surface area contributed by atoms with Gasteiger partial charge in [-0.25, -0.2) is 0 Å². The Morgan fingerprint density at radius 1 is 1.38 bits per heavy atom. The highest BCUT2D eigenvalue weighted by Crippen LogP contribution is 2.23. The van der Waals surface area contributed by atoms with Crippen LogP contribution in [0.15, 0.2) is 12.3 Å². The summed E-state index contributed by atoms with van der Waals surface area (Å²) in [4.78, 5) is 18.7. The lowest BCUT2D eigenvalue weighted by Crippen LogP contribution is -2.52. The monoisotopic (exact) mass is 311 g/mol. The molecule has 1 N–H and O–H groups in total. The minimum absolute atomic E-state index is 0.109. The van der Waals surface area contributed by atoms with E-state index in [1.165, 1.54) is 6.20 Å². The normalized spacial score (nSPS) is 17.6. The van der Waals surface area contributed by atoms with E-state index in [0.717, 1.165) is 31.6 Å². The van der Waals surface area contributed by atoms with Crippen LogP contribution < -0.4 is 5.32 Å². The maximum absolute atomic E-state index is 12.3. The van der Waals surface area contributed by atoms with Crippen LogP contribution in [0.3, 0.4) is 0 Å². The van der Waals surface area contributed by atoms with Gasteiger partial charge < -0.3 is 10.2 Å². The molecule has 1 saturated heterocycles. The molecule has 2 rings (SSSR count). The van der Waals surface area contributed by atoms with E-state index in [2.05, 4.69) is 29.2 Å². The zero-order chi connectivity index (χ0) is 16.0. The molecule has 5 heteroatoms. The first-order chi connectivity index (χ1) is 9.89. The average Bonchev–Trinajstić information content (AvgIpc) is 2.47. The van der Waals surface area contributed by atoms with E-state index in [1.807, 2.05) is 20.8 Å². The lowest BCUT2D eigenvalue weighted by molar-refractivity contribution is 0.0852. The molecule has 0 radical (unpaired) electrons. The van der Waals surface area contributed by atoms with Crippen molar-refractivity contribution in [3.05, 3.63) is 28.5 Å². The van der Waals surface area contributed by atoms with Crippen LogP contribution in [0.2, 0.25) is 5.02 Å². The van der Waals surface area contributed by atoms with Gasteiger partial charge in [0.1, 0.15) is 0 Å². The maximum Gasteiger partial charge on any atom is 0.253 e. The zero-order valence-corrected chi connectivity index (χ0v) is 14.4. The fourth-order valence-electron chi connectivity index (χ4n) is 2.30. The molecule has 1 fully saturated rings. The van der Waals surface area contributed by atoms with E-state index in [9.17, 15) is 4.79 Å². The van der Waals surface area contributed by atoms with Crippen molar-refractivity contribution < 1.29 is 4.79 Å². The second-order valence-corrected chi connectivity index (χ2v) is 6.03. The molecule has 1 aromatic rings. The number of amides is 1. The van der Waals surface area contributed by atoms with Crippen LogP contribution in [-0.2, 0) is 0 Å². The Balaban J connectivity index is 0.00000106. The largest absolute Gasteiger partial charge is 0.347 e. The molecule has 0 aromatic carbocycles. The van der Waals surface area contributed by atoms with Crippen LogP contribution in [-0.4, -0.2) is 41.5 Å². The van der Waals surface area contributed by atoms with Crippen molar-refractivity contribution in [2.75, 3.05) is 20.1 Å². The van der Waals surface area contributed by atoms with Gasteiger partial charge in [0.15, 0.2) is 0 Å². The standard InChI is InChI=1S/C14H20ClN3O.C2H6/c1-10-8-11(12(15)9-16-10)13(19)17-14(2)4-6-18(3)7-5-14;1-2/h8-9H,4-7H2,1-3H3,(H,17,19);1-2H3. The van der Waals surface area contributed by atoms with E-state index >= 15 is 0 Å². The minimum Gasteiger partial charge on any atom is -0.347 e. The number of hydrogen-bond donors (Lipinski definition) is 1. The Bertz CT molecular complexity index is 482. The number of halogens is 1. The van der Waals surface area contributed by atoms with Gasteiger partial charge in [0, 0.05) is 30.5 Å². The van der Waals surface area contributed by atoms with Crippen molar-refractivity contribution in [3.63, 3.8) is 0 Å². The number of aryl methyl sites for hydroxylation is 1. The molecule has 118 valence electrons. The fourth-order valence-corrected chi connectivity index (χ4v) is 2.48. The number of nitrogens with zero attached hydrogens (tertiary/aromatic N) is 2. The van der Waals surface area contributed by atoms with Gasteiger partial charge in [0.2, 0.25) is 0 Å². The van der Waals surface area contributed by atoms with Gasteiger partial charge in [-0.1, -0.05) is 25.4 Å². The topological polar surface area (TPSA) is 45.2 Å². The van der Waals surface area contributed by atoms with Crippen LogP contribution in [0, 0.1) is 6.92 Å². The molecule has 0 aliphatic carbocycles. The van der Waals surface area contributed by atoms with Crippen molar-refractivity contribution in [2.45, 2.75) is 46.1 Å². The summed E-state index contributed by atoms with van der Waals surface area (Å²) in [5.41, 5.74) is 1.15. The molecule has 2 heterocycles. The molecule has 0 saturated carbocycles. The van der Waals surface area contributed by atoms with Crippen LogP contribution in [0.4, 0.5) is 0 Å². The van der Waals surface area contributed by atoms with Crippen molar-refractivity contribution >= 4 is 17.5 Å². The number of piperidine rings is 1. The summed E-state index contributed by atoms with van der Waals surface area (Å²) in [6.45, 7) is 9.95. The van der Waals surface area contributed by atoms with Gasteiger partial charge in [0.05, 0.1) is 10.6 Å². The van der Waals surface area contributed by atoms with E-state index in [1.54, 1.807) is 6.07 Å². The number of likely N-dealkylation sites (tertiary alicyclic amines) is 1. The highest BCUT2D eigenvalue weighted by atomic mass is 35.5. The van der Waals surface area contributed by atoms with Crippen molar-refractivity contribution in [1.29, 1.82) is 0 Å². The SMILES string of the molecule is CC.Cc1cc(C(=O)NC2(C)CCN(C)CC2)c(Cl)cn1. The summed E-state index contributed by atoms with van der Waals surface area (Å²) in [5, 5.41) is 3.52. The molecule has 1 aromatic heterocycles. The Morgan fingerprint density at radius 2 is 1.95 bits per heavy atom. The van der Waals surface area contributed by atoms with E-state index < -0.39 is 0 Å². The van der Waals surface area contributed by atoms with Crippen LogP contribution in [0.5, 0.6) is 0 Å². The fraction of sp³-hybridized carbons (Fsp3) is 0.625. The number of nitrogens with one attached hydrogen (secondary N) is 1. The predicted octanol–water partition coefficient (Wildman–Crippen LogP) is 3.28. The zero-order valence-electron chi connectivity index (χ0n) is 13.7. The van der Waals surface area contributed by atoms with Gasteiger partial charge in [-0.15, -0.1) is 0 Å². The molecule has 4 nitrogen and oxygen atoms in total. The predicted molar refractivity (Wildman–Crippen MR) is 87.9 cm³/mol. The highest BCUT2D eigenvalue weighted by molar-refractivity contribution is 6.33. The second kappa shape index (κ2) is 7.76. The highest BCUT2D eigenvalue weighted by Gasteiger charge is 2.31.